The summed E-state index contributed by atoms with van der Waals surface area (Å²) in [5, 5.41) is 4.72. The van der Waals surface area contributed by atoms with E-state index >= 15 is 0 Å². The van der Waals surface area contributed by atoms with E-state index in [0.717, 1.165) is 61.3 Å². The number of para-hydroxylation sites is 2. The van der Waals surface area contributed by atoms with Crippen LogP contribution in [-0.4, -0.2) is 0 Å². The molecule has 2 nitrogen and oxygen atoms in total. The number of nitrogens with zero attached hydrogens (tertiary/aromatic N) is 1. The maximum atomic E-state index is 6.34. The molecule has 2 heteroatoms. The first-order valence-electron chi connectivity index (χ1n) is 25.9. The number of hydrogen-bond donors (Lipinski definition) is 0. The Morgan fingerprint density at radius 2 is 0.797 bits per heavy atom. The predicted molar refractivity (Wildman–Crippen MR) is 316 cm³/mol. The molecule has 0 saturated carbocycles. The van der Waals surface area contributed by atoms with Gasteiger partial charge in [0.15, 0.2) is 0 Å². The van der Waals surface area contributed by atoms with Gasteiger partial charge in [-0.05, 0) is 149 Å². The molecule has 0 saturated heterocycles. The first-order valence-corrected chi connectivity index (χ1v) is 25.9. The Labute approximate surface area is 435 Å². The van der Waals surface area contributed by atoms with Crippen LogP contribution in [0.15, 0.2) is 253 Å². The highest BCUT2D eigenvalue weighted by Crippen LogP contribution is 2.47. The molecule has 0 amide bonds. The maximum Gasteiger partial charge on any atom is 0.136 e. The van der Waals surface area contributed by atoms with Crippen molar-refractivity contribution in [3.8, 4) is 66.8 Å². The lowest BCUT2D eigenvalue weighted by atomic mass is 9.78. The number of furan rings is 1. The summed E-state index contributed by atoms with van der Waals surface area (Å²) >= 11 is 0. The van der Waals surface area contributed by atoms with Crippen LogP contribution < -0.4 is 4.90 Å². The molecule has 1 aromatic heterocycles. The van der Waals surface area contributed by atoms with Crippen molar-refractivity contribution in [1.82, 2.24) is 0 Å². The van der Waals surface area contributed by atoms with Crippen LogP contribution in [0, 0.1) is 0 Å². The Morgan fingerprint density at radius 3 is 1.43 bits per heavy atom. The second kappa shape index (κ2) is 18.7. The zero-order chi connectivity index (χ0) is 50.6. The van der Waals surface area contributed by atoms with E-state index in [1.165, 1.54) is 66.4 Å². The number of rotatable bonds is 9. The fourth-order valence-corrected chi connectivity index (χ4v) is 10.7. The molecule has 358 valence electrons. The molecule has 0 unspecified atom stereocenters. The summed E-state index contributed by atoms with van der Waals surface area (Å²) in [6.07, 6.45) is 0. The van der Waals surface area contributed by atoms with Crippen molar-refractivity contribution in [3.05, 3.63) is 260 Å². The van der Waals surface area contributed by atoms with Gasteiger partial charge in [0.05, 0.1) is 5.69 Å². The van der Waals surface area contributed by atoms with E-state index in [4.69, 9.17) is 4.42 Å². The second-order valence-corrected chi connectivity index (χ2v) is 21.8. The fraction of sp³-hybridized carbons (Fsp3) is 0.111. The van der Waals surface area contributed by atoms with Crippen LogP contribution >= 0.6 is 0 Å². The van der Waals surface area contributed by atoms with Gasteiger partial charge in [0, 0.05) is 27.7 Å². The van der Waals surface area contributed by atoms with Gasteiger partial charge < -0.3 is 9.32 Å². The third kappa shape index (κ3) is 8.77. The van der Waals surface area contributed by atoms with E-state index in [2.05, 4.69) is 283 Å². The molecule has 0 bridgehead atoms. The predicted octanol–water partition coefficient (Wildman–Crippen LogP) is 20.8. The van der Waals surface area contributed by atoms with Crippen LogP contribution in [0.3, 0.4) is 0 Å². The minimum atomic E-state index is -0.0163. The van der Waals surface area contributed by atoms with Gasteiger partial charge in [-0.25, -0.2) is 0 Å². The zero-order valence-electron chi connectivity index (χ0n) is 43.0. The van der Waals surface area contributed by atoms with E-state index in [-0.39, 0.29) is 10.8 Å². The van der Waals surface area contributed by atoms with Crippen LogP contribution in [0.5, 0.6) is 0 Å². The highest BCUT2D eigenvalue weighted by atomic mass is 16.3. The number of anilines is 3. The molecule has 0 aliphatic carbocycles. The Balaban J connectivity index is 1.01. The molecule has 74 heavy (non-hydrogen) atoms. The molecule has 1 heterocycles. The molecular weight excluding hydrogens is 895 g/mol. The monoisotopic (exact) mass is 953 g/mol. The summed E-state index contributed by atoms with van der Waals surface area (Å²) in [4.78, 5) is 2.43. The standard InChI is InChI=1S/C72H59NO/c1-71(2,3)56-43-55(44-57(47-56)72(4,5)6)61-27-17-23-52-24-18-28-65(70(52)61)62-25-13-15-29-67(62)73(59-39-33-49(34-40-59)54-36-42-64-63-26-14-16-30-68(63)74-69(64)46-54)58-37-31-48(32-38-58)53-35-41-60(50-19-9-7-10-20-50)66(45-53)51-21-11-8-12-22-51/h7-47H,1-6H3. The molecule has 0 spiro atoms. The van der Waals surface area contributed by atoms with E-state index in [9.17, 15) is 0 Å². The van der Waals surface area contributed by atoms with E-state index in [1.54, 1.807) is 0 Å². The van der Waals surface area contributed by atoms with Gasteiger partial charge >= 0.3 is 0 Å². The second-order valence-electron chi connectivity index (χ2n) is 21.8. The Morgan fingerprint density at radius 1 is 0.297 bits per heavy atom. The smallest absolute Gasteiger partial charge is 0.136 e. The van der Waals surface area contributed by atoms with Crippen molar-refractivity contribution in [1.29, 1.82) is 0 Å². The molecule has 0 aliphatic heterocycles. The molecule has 0 N–H and O–H groups in total. The van der Waals surface area contributed by atoms with E-state index < -0.39 is 0 Å². The Hall–Kier alpha value is -8.72. The van der Waals surface area contributed by atoms with Crippen molar-refractivity contribution in [3.63, 3.8) is 0 Å². The number of hydrogen-bond acceptors (Lipinski definition) is 2. The van der Waals surface area contributed by atoms with Crippen LogP contribution in [0.25, 0.3) is 99.5 Å². The van der Waals surface area contributed by atoms with E-state index in [1.807, 2.05) is 12.1 Å². The third-order valence-corrected chi connectivity index (χ3v) is 14.8. The summed E-state index contributed by atoms with van der Waals surface area (Å²) < 4.78 is 6.34. The first-order chi connectivity index (χ1) is 35.9. The van der Waals surface area contributed by atoms with Gasteiger partial charge in [0.25, 0.3) is 0 Å². The molecular formula is C72H59NO. The quantitative estimate of drug-likeness (QED) is 0.143. The average Bonchev–Trinajstić information content (AvgIpc) is 3.81. The van der Waals surface area contributed by atoms with Crippen molar-refractivity contribution in [2.24, 2.45) is 0 Å². The maximum absolute atomic E-state index is 6.34. The summed E-state index contributed by atoms with van der Waals surface area (Å²) in [5.74, 6) is 0. The Kier molecular flexibility index (Phi) is 11.7. The minimum Gasteiger partial charge on any atom is -0.456 e. The van der Waals surface area contributed by atoms with Crippen molar-refractivity contribution in [2.75, 3.05) is 4.90 Å². The lowest BCUT2D eigenvalue weighted by Gasteiger charge is -2.29. The molecule has 0 radical (unpaired) electrons. The lowest BCUT2D eigenvalue weighted by molar-refractivity contribution is 0.569. The van der Waals surface area contributed by atoms with Gasteiger partial charge in [-0.3, -0.25) is 0 Å². The van der Waals surface area contributed by atoms with Gasteiger partial charge in [0.2, 0.25) is 0 Å². The van der Waals surface area contributed by atoms with Gasteiger partial charge in [-0.2, -0.15) is 0 Å². The summed E-state index contributed by atoms with van der Waals surface area (Å²) in [7, 11) is 0. The summed E-state index contributed by atoms with van der Waals surface area (Å²) in [6, 6.07) is 91.0. The Bertz CT molecular complexity index is 3960. The van der Waals surface area contributed by atoms with E-state index in [0.29, 0.717) is 0 Å². The number of benzene rings is 11. The lowest BCUT2D eigenvalue weighted by Crippen LogP contribution is -2.16. The van der Waals surface area contributed by atoms with Gasteiger partial charge in [-0.15, -0.1) is 0 Å². The third-order valence-electron chi connectivity index (χ3n) is 14.8. The molecule has 12 aromatic rings. The molecule has 0 aliphatic rings. The molecule has 11 aromatic carbocycles. The molecule has 12 rings (SSSR count). The summed E-state index contributed by atoms with van der Waals surface area (Å²) in [5.41, 5.74) is 21.9. The summed E-state index contributed by atoms with van der Waals surface area (Å²) in [6.45, 7) is 13.9. The van der Waals surface area contributed by atoms with Crippen LogP contribution in [0.2, 0.25) is 0 Å². The fourth-order valence-electron chi connectivity index (χ4n) is 10.7. The average molecular weight is 954 g/mol. The highest BCUT2D eigenvalue weighted by Gasteiger charge is 2.24. The SMILES string of the molecule is CC(C)(C)c1cc(-c2cccc3cccc(-c4ccccc4N(c4ccc(-c5ccc(-c6ccccc6)c(-c6ccccc6)c5)cc4)c4ccc(-c5ccc6c(c5)oc5ccccc56)cc4)c23)cc(C(C)(C)C)c1. The van der Waals surface area contributed by atoms with Crippen LogP contribution in [0.1, 0.15) is 52.7 Å². The number of fused-ring (bicyclic) bond motifs is 4. The molecule has 0 fully saturated rings. The van der Waals surface area contributed by atoms with Gasteiger partial charge in [-0.1, -0.05) is 236 Å². The van der Waals surface area contributed by atoms with Gasteiger partial charge in [0.1, 0.15) is 11.2 Å². The highest BCUT2D eigenvalue weighted by molar-refractivity contribution is 6.09. The minimum absolute atomic E-state index is 0.0163. The van der Waals surface area contributed by atoms with Crippen LogP contribution in [-0.2, 0) is 10.8 Å². The van der Waals surface area contributed by atoms with Crippen LogP contribution in [0.4, 0.5) is 17.1 Å². The van der Waals surface area contributed by atoms with Crippen molar-refractivity contribution >= 4 is 49.8 Å². The zero-order valence-corrected chi connectivity index (χ0v) is 43.0. The topological polar surface area (TPSA) is 16.4 Å². The first kappa shape index (κ1) is 46.4. The van der Waals surface area contributed by atoms with Crippen molar-refractivity contribution < 1.29 is 4.42 Å². The molecule has 0 atom stereocenters. The normalized spacial score (nSPS) is 11.9. The largest absolute Gasteiger partial charge is 0.456 e. The van der Waals surface area contributed by atoms with Crippen molar-refractivity contribution in [2.45, 2.75) is 52.4 Å².